The summed E-state index contributed by atoms with van der Waals surface area (Å²) in [6, 6.07) is 15.2. The van der Waals surface area contributed by atoms with Crippen LogP contribution in [0.15, 0.2) is 59.7 Å². The Hall–Kier alpha value is -3.94. The van der Waals surface area contributed by atoms with Crippen molar-refractivity contribution in [3.63, 3.8) is 0 Å². The molecule has 8 nitrogen and oxygen atoms in total. The maximum atomic E-state index is 12.8. The molecular weight excluding hydrogens is 406 g/mol. The fourth-order valence-corrected chi connectivity index (χ4v) is 3.39. The van der Waals surface area contributed by atoms with Gasteiger partial charge in [0.05, 0.1) is 12.3 Å². The molecule has 0 spiro atoms. The van der Waals surface area contributed by atoms with Crippen LogP contribution in [0.25, 0.3) is 16.8 Å². The van der Waals surface area contributed by atoms with E-state index in [9.17, 15) is 9.59 Å². The third-order valence-corrected chi connectivity index (χ3v) is 5.31. The Labute approximate surface area is 185 Å². The van der Waals surface area contributed by atoms with E-state index in [-0.39, 0.29) is 18.0 Å². The van der Waals surface area contributed by atoms with Gasteiger partial charge in [0.25, 0.3) is 5.56 Å². The molecule has 4 rings (SSSR count). The molecule has 2 aromatic heterocycles. The number of ether oxygens (including phenoxy) is 1. The number of carbonyl (C=O) groups excluding carboxylic acids is 1. The van der Waals surface area contributed by atoms with E-state index in [4.69, 9.17) is 4.74 Å². The maximum Gasteiger partial charge on any atom is 0.293 e. The van der Waals surface area contributed by atoms with E-state index in [1.54, 1.807) is 6.07 Å². The number of carbonyl (C=O) groups is 1. The number of aryl methyl sites for hydroxylation is 2. The minimum absolute atomic E-state index is 0.163. The number of amides is 1. The van der Waals surface area contributed by atoms with Crippen LogP contribution in [-0.4, -0.2) is 31.9 Å². The van der Waals surface area contributed by atoms with Gasteiger partial charge in [0.1, 0.15) is 24.1 Å². The third-order valence-electron chi connectivity index (χ3n) is 5.31. The van der Waals surface area contributed by atoms with Crippen LogP contribution in [-0.2, 0) is 17.9 Å². The highest BCUT2D eigenvalue weighted by Crippen LogP contribution is 2.21. The molecule has 0 unspecified atom stereocenters. The molecule has 0 aliphatic rings. The summed E-state index contributed by atoms with van der Waals surface area (Å²) >= 11 is 0. The first kappa shape index (κ1) is 21.3. The van der Waals surface area contributed by atoms with Crippen LogP contribution in [0.3, 0.4) is 0 Å². The van der Waals surface area contributed by atoms with E-state index < -0.39 is 0 Å². The highest BCUT2D eigenvalue weighted by Gasteiger charge is 2.12. The van der Waals surface area contributed by atoms with Crippen molar-refractivity contribution in [1.29, 1.82) is 0 Å². The second-order valence-electron chi connectivity index (χ2n) is 7.61. The summed E-state index contributed by atoms with van der Waals surface area (Å²) < 4.78 is 8.04. The first-order chi connectivity index (χ1) is 15.4. The zero-order valence-corrected chi connectivity index (χ0v) is 18.3. The first-order valence-electron chi connectivity index (χ1n) is 10.5. The molecule has 0 aliphatic carbocycles. The van der Waals surface area contributed by atoms with Crippen LogP contribution in [0.5, 0.6) is 5.75 Å². The second-order valence-corrected chi connectivity index (χ2v) is 7.61. The zero-order chi connectivity index (χ0) is 22.7. The van der Waals surface area contributed by atoms with Crippen molar-refractivity contribution in [1.82, 2.24) is 24.7 Å². The first-order valence-corrected chi connectivity index (χ1v) is 10.5. The number of benzene rings is 2. The van der Waals surface area contributed by atoms with E-state index in [0.29, 0.717) is 24.4 Å². The number of fused-ring (bicyclic) bond motifs is 1. The molecule has 2 aromatic carbocycles. The van der Waals surface area contributed by atoms with E-state index in [1.165, 1.54) is 22.0 Å². The Kier molecular flexibility index (Phi) is 6.02. The van der Waals surface area contributed by atoms with Crippen molar-refractivity contribution in [2.75, 3.05) is 6.61 Å². The van der Waals surface area contributed by atoms with Gasteiger partial charge in [-0.15, -0.1) is 0 Å². The lowest BCUT2D eigenvalue weighted by atomic mass is 10.1. The average molecular weight is 431 g/mol. The van der Waals surface area contributed by atoms with E-state index in [2.05, 4.69) is 15.5 Å². The lowest BCUT2D eigenvalue weighted by molar-refractivity contribution is -0.122. The molecule has 8 heteroatoms. The second kappa shape index (κ2) is 9.05. The summed E-state index contributed by atoms with van der Waals surface area (Å²) in [5.74, 6) is 0.490. The summed E-state index contributed by atoms with van der Waals surface area (Å²) in [6.07, 6.45) is 1.44. The molecule has 1 N–H and O–H groups in total. The minimum Gasteiger partial charge on any atom is -0.494 e. The van der Waals surface area contributed by atoms with Gasteiger partial charge < -0.3 is 10.1 Å². The predicted molar refractivity (Wildman–Crippen MR) is 122 cm³/mol. The predicted octanol–water partition coefficient (Wildman–Crippen LogP) is 2.89. The Balaban J connectivity index is 1.48. The number of rotatable bonds is 7. The van der Waals surface area contributed by atoms with Crippen molar-refractivity contribution in [3.05, 3.63) is 81.9 Å². The van der Waals surface area contributed by atoms with Crippen LogP contribution < -0.4 is 15.6 Å². The smallest absolute Gasteiger partial charge is 0.293 e. The highest BCUT2D eigenvalue weighted by molar-refractivity contribution is 5.75. The normalized spacial score (nSPS) is 11.0. The van der Waals surface area contributed by atoms with Crippen molar-refractivity contribution in [2.24, 2.45) is 0 Å². The minimum atomic E-state index is -0.376. The molecule has 0 saturated heterocycles. The van der Waals surface area contributed by atoms with Gasteiger partial charge in [-0.25, -0.2) is 9.20 Å². The molecule has 164 valence electrons. The third kappa shape index (κ3) is 4.54. The summed E-state index contributed by atoms with van der Waals surface area (Å²) in [7, 11) is 0. The molecule has 0 aliphatic heterocycles. The van der Waals surface area contributed by atoms with Gasteiger partial charge in [0.2, 0.25) is 5.91 Å². The number of nitrogens with zero attached hydrogens (tertiary/aromatic N) is 4. The van der Waals surface area contributed by atoms with Crippen LogP contribution in [0.4, 0.5) is 0 Å². The fraction of sp³-hybridized carbons (Fsp3) is 0.250. The Bertz CT molecular complexity index is 1320. The number of hydrogen-bond acceptors (Lipinski definition) is 5. The molecule has 0 bridgehead atoms. The van der Waals surface area contributed by atoms with Gasteiger partial charge in [-0.3, -0.25) is 9.59 Å². The van der Waals surface area contributed by atoms with Crippen molar-refractivity contribution < 1.29 is 9.53 Å². The largest absolute Gasteiger partial charge is 0.494 e. The van der Waals surface area contributed by atoms with Crippen LogP contribution in [0, 0.1) is 13.8 Å². The number of nitrogens with one attached hydrogen (secondary N) is 1. The van der Waals surface area contributed by atoms with Crippen molar-refractivity contribution >= 4 is 11.4 Å². The molecule has 0 atom stereocenters. The topological polar surface area (TPSA) is 90.5 Å². The molecule has 4 aromatic rings. The molecule has 0 saturated carbocycles. The lowest BCUT2D eigenvalue weighted by Gasteiger charge is -2.08. The maximum absolute atomic E-state index is 12.8. The lowest BCUT2D eigenvalue weighted by Crippen LogP contribution is -2.34. The molecule has 0 radical (unpaired) electrons. The van der Waals surface area contributed by atoms with Crippen LogP contribution in [0.1, 0.15) is 23.6 Å². The standard InChI is InChI=1S/C24H25N5O3/c1-4-32-20-9-7-19(8-10-20)21-12-22-24(31)28(26-15-29(22)27-21)14-23(30)25-13-18-6-5-16(2)17(3)11-18/h5-12,15H,4,13-14H2,1-3H3,(H,25,30). The summed E-state index contributed by atoms with van der Waals surface area (Å²) in [5.41, 5.74) is 4.86. The van der Waals surface area contributed by atoms with Gasteiger partial charge in [-0.05, 0) is 67.8 Å². The van der Waals surface area contributed by atoms with Crippen molar-refractivity contribution in [2.45, 2.75) is 33.9 Å². The number of hydrogen-bond donors (Lipinski definition) is 1. The monoisotopic (exact) mass is 431 g/mol. The average Bonchev–Trinajstić information content (AvgIpc) is 3.22. The fourth-order valence-electron chi connectivity index (χ4n) is 3.39. The SMILES string of the molecule is CCOc1ccc(-c2cc3c(=O)n(CC(=O)NCc4ccc(C)c(C)c4)ncn3n2)cc1. The van der Waals surface area contributed by atoms with Gasteiger partial charge in [-0.2, -0.15) is 10.2 Å². The van der Waals surface area contributed by atoms with Gasteiger partial charge in [0.15, 0.2) is 0 Å². The van der Waals surface area contributed by atoms with Crippen LogP contribution >= 0.6 is 0 Å². The van der Waals surface area contributed by atoms with E-state index in [0.717, 1.165) is 21.6 Å². The Morgan fingerprint density at radius 2 is 1.84 bits per heavy atom. The number of aromatic nitrogens is 4. The van der Waals surface area contributed by atoms with Gasteiger partial charge in [-0.1, -0.05) is 18.2 Å². The summed E-state index contributed by atoms with van der Waals surface area (Å²) in [6.45, 7) is 6.83. The molecule has 1 amide bonds. The molecular formula is C24H25N5O3. The zero-order valence-electron chi connectivity index (χ0n) is 18.3. The Morgan fingerprint density at radius 3 is 2.56 bits per heavy atom. The van der Waals surface area contributed by atoms with Crippen LogP contribution in [0.2, 0.25) is 0 Å². The summed E-state index contributed by atoms with van der Waals surface area (Å²) in [5, 5.41) is 11.4. The van der Waals surface area contributed by atoms with Gasteiger partial charge >= 0.3 is 0 Å². The summed E-state index contributed by atoms with van der Waals surface area (Å²) in [4.78, 5) is 25.2. The van der Waals surface area contributed by atoms with E-state index >= 15 is 0 Å². The van der Waals surface area contributed by atoms with Gasteiger partial charge in [0, 0.05) is 12.1 Å². The Morgan fingerprint density at radius 1 is 1.06 bits per heavy atom. The molecule has 2 heterocycles. The quantitative estimate of drug-likeness (QED) is 0.486. The van der Waals surface area contributed by atoms with Crippen molar-refractivity contribution in [3.8, 4) is 17.0 Å². The highest BCUT2D eigenvalue weighted by atomic mass is 16.5. The molecule has 32 heavy (non-hydrogen) atoms. The molecule has 0 fully saturated rings. The van der Waals surface area contributed by atoms with E-state index in [1.807, 2.05) is 63.2 Å².